The smallest absolute Gasteiger partial charge is 0.254 e. The summed E-state index contributed by atoms with van der Waals surface area (Å²) < 4.78 is 7.58. The van der Waals surface area contributed by atoms with Crippen LogP contribution in [0.15, 0.2) is 33.4 Å². The molecule has 25 heavy (non-hydrogen) atoms. The number of hydrogen-bond acceptors (Lipinski definition) is 5. The molecule has 0 unspecified atom stereocenters. The van der Waals surface area contributed by atoms with Crippen LogP contribution in [0, 0.1) is 0 Å². The third kappa shape index (κ3) is 3.53. The van der Waals surface area contributed by atoms with Crippen molar-refractivity contribution in [1.82, 2.24) is 19.5 Å². The number of nitrogens with two attached hydrogens (primary N) is 1. The summed E-state index contributed by atoms with van der Waals surface area (Å²) in [6.07, 6.45) is 2.01. The molecule has 7 nitrogen and oxygen atoms in total. The third-order valence-corrected chi connectivity index (χ3v) is 4.38. The number of hydrogen-bond donors (Lipinski definition) is 1. The maximum absolute atomic E-state index is 12.7. The Morgan fingerprint density at radius 2 is 2.16 bits per heavy atom. The lowest BCUT2D eigenvalue weighted by Gasteiger charge is -2.20. The van der Waals surface area contributed by atoms with Gasteiger partial charge in [-0.1, -0.05) is 13.3 Å². The standard InChI is InChI=1S/C17H20BrN5O2/c1-3-5-8-22(4-2)17(24)11-9-14(19)23-15(10-11)20-16(21-23)12-6-7-13(18)25-12/h6-7,9-10H,3-5,8,19H2,1-2H3. The van der Waals surface area contributed by atoms with Gasteiger partial charge in [0.1, 0.15) is 5.82 Å². The lowest BCUT2D eigenvalue weighted by Crippen LogP contribution is -2.31. The van der Waals surface area contributed by atoms with Gasteiger partial charge in [0.05, 0.1) is 0 Å². The van der Waals surface area contributed by atoms with E-state index in [9.17, 15) is 4.79 Å². The van der Waals surface area contributed by atoms with E-state index in [-0.39, 0.29) is 5.91 Å². The van der Waals surface area contributed by atoms with Gasteiger partial charge >= 0.3 is 0 Å². The fraction of sp³-hybridized carbons (Fsp3) is 0.353. The first-order chi connectivity index (χ1) is 12.0. The Morgan fingerprint density at radius 1 is 1.36 bits per heavy atom. The second-order valence-electron chi connectivity index (χ2n) is 5.72. The van der Waals surface area contributed by atoms with E-state index in [2.05, 4.69) is 32.9 Å². The minimum atomic E-state index is -0.0459. The van der Waals surface area contributed by atoms with Gasteiger partial charge in [0.2, 0.25) is 5.82 Å². The van der Waals surface area contributed by atoms with Gasteiger partial charge in [-0.25, -0.2) is 4.98 Å². The number of anilines is 1. The van der Waals surface area contributed by atoms with Gasteiger partial charge in [-0.15, -0.1) is 5.10 Å². The Morgan fingerprint density at radius 3 is 2.80 bits per heavy atom. The fourth-order valence-corrected chi connectivity index (χ4v) is 2.91. The number of rotatable bonds is 6. The van der Waals surface area contributed by atoms with Crippen LogP contribution in [0.1, 0.15) is 37.0 Å². The van der Waals surface area contributed by atoms with E-state index < -0.39 is 0 Å². The number of amides is 1. The van der Waals surface area contributed by atoms with Crippen molar-refractivity contribution in [2.75, 3.05) is 18.8 Å². The third-order valence-electron chi connectivity index (χ3n) is 3.96. The van der Waals surface area contributed by atoms with Crippen molar-refractivity contribution in [1.29, 1.82) is 0 Å². The van der Waals surface area contributed by atoms with Crippen LogP contribution in [0.4, 0.5) is 5.82 Å². The molecule has 0 saturated heterocycles. The molecule has 0 aromatic carbocycles. The SMILES string of the molecule is CCCCN(CC)C(=O)c1cc(N)n2nc(-c3ccc(Br)o3)nc2c1. The summed E-state index contributed by atoms with van der Waals surface area (Å²) in [7, 11) is 0. The molecular weight excluding hydrogens is 386 g/mol. The second-order valence-corrected chi connectivity index (χ2v) is 6.50. The van der Waals surface area contributed by atoms with Crippen LogP contribution in [-0.4, -0.2) is 38.5 Å². The van der Waals surface area contributed by atoms with Gasteiger partial charge in [-0.05, 0) is 53.5 Å². The Bertz CT molecular complexity index is 902. The molecule has 0 radical (unpaired) electrons. The van der Waals surface area contributed by atoms with Crippen molar-refractivity contribution < 1.29 is 9.21 Å². The van der Waals surface area contributed by atoms with Crippen molar-refractivity contribution in [2.45, 2.75) is 26.7 Å². The van der Waals surface area contributed by atoms with Gasteiger partial charge in [0.25, 0.3) is 5.91 Å². The van der Waals surface area contributed by atoms with Crippen LogP contribution in [-0.2, 0) is 0 Å². The van der Waals surface area contributed by atoms with Gasteiger partial charge < -0.3 is 15.1 Å². The zero-order chi connectivity index (χ0) is 18.0. The Kier molecular flexibility index (Phi) is 5.08. The number of nitrogens with zero attached hydrogens (tertiary/aromatic N) is 4. The molecule has 0 aliphatic heterocycles. The number of unbranched alkanes of at least 4 members (excludes halogenated alkanes) is 1. The van der Waals surface area contributed by atoms with Crippen molar-refractivity contribution in [3.05, 3.63) is 34.5 Å². The highest BCUT2D eigenvalue weighted by Gasteiger charge is 2.18. The molecule has 3 aromatic heterocycles. The lowest BCUT2D eigenvalue weighted by atomic mass is 10.2. The van der Waals surface area contributed by atoms with E-state index >= 15 is 0 Å². The summed E-state index contributed by atoms with van der Waals surface area (Å²) >= 11 is 3.26. The molecule has 0 fully saturated rings. The summed E-state index contributed by atoms with van der Waals surface area (Å²) in [5.74, 6) is 1.26. The summed E-state index contributed by atoms with van der Waals surface area (Å²) in [5.41, 5.74) is 7.11. The summed E-state index contributed by atoms with van der Waals surface area (Å²) in [6.45, 7) is 5.46. The first kappa shape index (κ1) is 17.5. The highest BCUT2D eigenvalue weighted by atomic mass is 79.9. The molecule has 0 saturated carbocycles. The molecule has 2 N–H and O–H groups in total. The maximum atomic E-state index is 12.7. The maximum Gasteiger partial charge on any atom is 0.254 e. The van der Waals surface area contributed by atoms with Gasteiger partial charge in [-0.3, -0.25) is 4.79 Å². The molecular formula is C17H20BrN5O2. The summed E-state index contributed by atoms with van der Waals surface area (Å²) in [6, 6.07) is 6.89. The number of halogens is 1. The number of fused-ring (bicyclic) bond motifs is 1. The molecule has 8 heteroatoms. The summed E-state index contributed by atoms with van der Waals surface area (Å²) in [4.78, 5) is 19.0. The van der Waals surface area contributed by atoms with E-state index in [4.69, 9.17) is 10.2 Å². The minimum absolute atomic E-state index is 0.0459. The van der Waals surface area contributed by atoms with Gasteiger partial charge in [0, 0.05) is 18.7 Å². The predicted molar refractivity (Wildman–Crippen MR) is 99.3 cm³/mol. The van der Waals surface area contributed by atoms with Crippen LogP contribution in [0.2, 0.25) is 0 Å². The average molecular weight is 406 g/mol. The molecule has 0 spiro atoms. The molecule has 0 atom stereocenters. The Labute approximate surface area is 153 Å². The number of furan rings is 1. The zero-order valence-electron chi connectivity index (χ0n) is 14.2. The first-order valence-electron chi connectivity index (χ1n) is 8.24. The molecule has 132 valence electrons. The average Bonchev–Trinajstić information content (AvgIpc) is 3.21. The van der Waals surface area contributed by atoms with Crippen LogP contribution >= 0.6 is 15.9 Å². The molecule has 0 aliphatic carbocycles. The first-order valence-corrected chi connectivity index (χ1v) is 9.04. The van der Waals surface area contributed by atoms with Gasteiger partial charge in [0.15, 0.2) is 16.1 Å². The van der Waals surface area contributed by atoms with E-state index in [1.165, 1.54) is 4.52 Å². The van der Waals surface area contributed by atoms with Crippen molar-refractivity contribution >= 4 is 33.3 Å². The van der Waals surface area contributed by atoms with Crippen LogP contribution in [0.3, 0.4) is 0 Å². The van der Waals surface area contributed by atoms with Crippen LogP contribution in [0.5, 0.6) is 0 Å². The van der Waals surface area contributed by atoms with Gasteiger partial charge in [-0.2, -0.15) is 4.52 Å². The largest absolute Gasteiger partial charge is 0.446 e. The number of aromatic nitrogens is 3. The Hall–Kier alpha value is -2.35. The van der Waals surface area contributed by atoms with E-state index in [0.717, 1.165) is 19.4 Å². The lowest BCUT2D eigenvalue weighted by molar-refractivity contribution is 0.0762. The monoisotopic (exact) mass is 405 g/mol. The fourth-order valence-electron chi connectivity index (χ4n) is 2.61. The quantitative estimate of drug-likeness (QED) is 0.676. The van der Waals surface area contributed by atoms with E-state index in [0.29, 0.717) is 39.8 Å². The molecule has 1 amide bonds. The number of nitrogen functional groups attached to an aromatic ring is 1. The number of pyridine rings is 1. The highest BCUT2D eigenvalue weighted by molar-refractivity contribution is 9.10. The van der Waals surface area contributed by atoms with Crippen molar-refractivity contribution in [2.24, 2.45) is 0 Å². The molecule has 0 aliphatic rings. The molecule has 3 aromatic rings. The molecule has 0 bridgehead atoms. The second kappa shape index (κ2) is 7.26. The highest BCUT2D eigenvalue weighted by Crippen LogP contribution is 2.24. The number of carbonyl (C=O) groups excluding carboxylic acids is 1. The van der Waals surface area contributed by atoms with Crippen LogP contribution in [0.25, 0.3) is 17.2 Å². The predicted octanol–water partition coefficient (Wildman–Crippen LogP) is 3.60. The number of carbonyl (C=O) groups is 1. The molecule has 3 rings (SSSR count). The summed E-state index contributed by atoms with van der Waals surface area (Å²) in [5, 5.41) is 4.35. The minimum Gasteiger partial charge on any atom is -0.446 e. The van der Waals surface area contributed by atoms with E-state index in [1.807, 2.05) is 11.8 Å². The Balaban J connectivity index is 1.96. The van der Waals surface area contributed by atoms with Crippen molar-refractivity contribution in [3.8, 4) is 11.6 Å². The van der Waals surface area contributed by atoms with Crippen LogP contribution < -0.4 is 5.73 Å². The normalized spacial score (nSPS) is 11.2. The topological polar surface area (TPSA) is 89.7 Å². The zero-order valence-corrected chi connectivity index (χ0v) is 15.8. The van der Waals surface area contributed by atoms with E-state index in [1.54, 1.807) is 24.3 Å². The van der Waals surface area contributed by atoms with Crippen molar-refractivity contribution in [3.63, 3.8) is 0 Å². The molecule has 3 heterocycles.